The summed E-state index contributed by atoms with van der Waals surface area (Å²) in [6, 6.07) is 19.6. The van der Waals surface area contributed by atoms with Crippen LogP contribution in [0.1, 0.15) is 5.56 Å². The lowest BCUT2D eigenvalue weighted by Gasteiger charge is -2.04. The van der Waals surface area contributed by atoms with Crippen molar-refractivity contribution in [1.29, 1.82) is 0 Å². The van der Waals surface area contributed by atoms with Crippen LogP contribution in [0.25, 0.3) is 28.0 Å². The lowest BCUT2D eigenvalue weighted by molar-refractivity contribution is 0.282. The van der Waals surface area contributed by atoms with E-state index < -0.39 is 0 Å². The summed E-state index contributed by atoms with van der Waals surface area (Å²) in [4.78, 5) is 4.66. The summed E-state index contributed by atoms with van der Waals surface area (Å²) in [5.41, 5.74) is 5.89. The molecule has 0 unspecified atom stereocenters. The average molecular weight is 335 g/mol. The van der Waals surface area contributed by atoms with E-state index in [1.54, 1.807) is 0 Å². The van der Waals surface area contributed by atoms with Crippen LogP contribution in [0.5, 0.6) is 0 Å². The van der Waals surface area contributed by atoms with Gasteiger partial charge in [-0.2, -0.15) is 0 Å². The highest BCUT2D eigenvalue weighted by molar-refractivity contribution is 6.30. The van der Waals surface area contributed by atoms with Crippen LogP contribution in [-0.2, 0) is 6.61 Å². The third-order valence-electron chi connectivity index (χ3n) is 4.03. The van der Waals surface area contributed by atoms with Gasteiger partial charge < -0.3 is 9.51 Å². The second kappa shape index (κ2) is 6.11. The first-order valence-electron chi connectivity index (χ1n) is 7.68. The molecule has 0 atom stereocenters. The Hall–Kier alpha value is -2.62. The molecular formula is C20H15ClN2O. The van der Waals surface area contributed by atoms with Gasteiger partial charge in [0, 0.05) is 23.0 Å². The standard InChI is InChI=1S/C20H15ClN2O/c21-18-7-4-15(5-8-18)19-12-23-11-17(6-9-20(23)22-19)16-3-1-2-14(10-16)13-24/h1-12,24H,13H2. The molecule has 0 amide bonds. The van der Waals surface area contributed by atoms with Gasteiger partial charge in [0.15, 0.2) is 0 Å². The number of pyridine rings is 1. The number of aliphatic hydroxyl groups excluding tert-OH is 1. The highest BCUT2D eigenvalue weighted by atomic mass is 35.5. The number of benzene rings is 2. The second-order valence-corrected chi connectivity index (χ2v) is 6.11. The van der Waals surface area contributed by atoms with Gasteiger partial charge >= 0.3 is 0 Å². The topological polar surface area (TPSA) is 37.5 Å². The molecule has 0 saturated heterocycles. The summed E-state index contributed by atoms with van der Waals surface area (Å²) in [5.74, 6) is 0. The van der Waals surface area contributed by atoms with Gasteiger partial charge in [0.1, 0.15) is 5.65 Å². The molecule has 118 valence electrons. The molecule has 4 rings (SSSR count). The van der Waals surface area contributed by atoms with E-state index in [1.165, 1.54) is 0 Å². The predicted octanol–water partition coefficient (Wildman–Crippen LogP) is 4.81. The number of aromatic nitrogens is 2. The van der Waals surface area contributed by atoms with Crippen molar-refractivity contribution < 1.29 is 5.11 Å². The average Bonchev–Trinajstić information content (AvgIpc) is 3.05. The van der Waals surface area contributed by atoms with Gasteiger partial charge in [0.05, 0.1) is 12.3 Å². The molecule has 1 N–H and O–H groups in total. The summed E-state index contributed by atoms with van der Waals surface area (Å²) >= 11 is 5.95. The maximum absolute atomic E-state index is 9.30. The zero-order chi connectivity index (χ0) is 16.5. The van der Waals surface area contributed by atoms with Crippen molar-refractivity contribution in [2.45, 2.75) is 6.61 Å². The van der Waals surface area contributed by atoms with Crippen LogP contribution >= 0.6 is 11.6 Å². The van der Waals surface area contributed by atoms with E-state index in [9.17, 15) is 5.11 Å². The van der Waals surface area contributed by atoms with E-state index in [-0.39, 0.29) is 6.61 Å². The smallest absolute Gasteiger partial charge is 0.137 e. The van der Waals surface area contributed by atoms with Gasteiger partial charge in [-0.25, -0.2) is 4.98 Å². The first-order valence-corrected chi connectivity index (χ1v) is 8.05. The molecule has 0 spiro atoms. The third-order valence-corrected chi connectivity index (χ3v) is 4.29. The van der Waals surface area contributed by atoms with E-state index in [1.807, 2.05) is 71.3 Å². The fraction of sp³-hybridized carbons (Fsp3) is 0.0500. The van der Waals surface area contributed by atoms with E-state index in [2.05, 4.69) is 11.2 Å². The van der Waals surface area contributed by atoms with E-state index in [0.29, 0.717) is 5.02 Å². The Bertz CT molecular complexity index is 1010. The summed E-state index contributed by atoms with van der Waals surface area (Å²) in [7, 11) is 0. The van der Waals surface area contributed by atoms with Crippen molar-refractivity contribution in [1.82, 2.24) is 9.38 Å². The molecule has 0 aliphatic heterocycles. The number of nitrogens with zero attached hydrogens (tertiary/aromatic N) is 2. The Morgan fingerprint density at radius 2 is 1.67 bits per heavy atom. The van der Waals surface area contributed by atoms with Crippen LogP contribution < -0.4 is 0 Å². The number of aliphatic hydroxyl groups is 1. The molecule has 0 saturated carbocycles. The fourth-order valence-corrected chi connectivity index (χ4v) is 2.90. The fourth-order valence-electron chi connectivity index (χ4n) is 2.77. The minimum Gasteiger partial charge on any atom is -0.392 e. The molecule has 0 radical (unpaired) electrons. The van der Waals surface area contributed by atoms with Gasteiger partial charge in [0.25, 0.3) is 0 Å². The molecule has 24 heavy (non-hydrogen) atoms. The van der Waals surface area contributed by atoms with Crippen molar-refractivity contribution >= 4 is 17.2 Å². The maximum Gasteiger partial charge on any atom is 0.137 e. The molecule has 0 aliphatic carbocycles. The Morgan fingerprint density at radius 3 is 2.46 bits per heavy atom. The van der Waals surface area contributed by atoms with Gasteiger partial charge in [-0.3, -0.25) is 0 Å². The number of hydrogen-bond acceptors (Lipinski definition) is 2. The quantitative estimate of drug-likeness (QED) is 0.583. The number of imidazole rings is 1. The lowest BCUT2D eigenvalue weighted by Crippen LogP contribution is -1.87. The van der Waals surface area contributed by atoms with Crippen molar-refractivity contribution in [2.24, 2.45) is 0 Å². The highest BCUT2D eigenvalue weighted by Crippen LogP contribution is 2.25. The molecule has 2 aromatic carbocycles. The van der Waals surface area contributed by atoms with Crippen LogP contribution in [-0.4, -0.2) is 14.5 Å². The lowest BCUT2D eigenvalue weighted by atomic mass is 10.1. The van der Waals surface area contributed by atoms with Crippen LogP contribution in [0.3, 0.4) is 0 Å². The first kappa shape index (κ1) is 14.9. The van der Waals surface area contributed by atoms with Crippen molar-refractivity contribution in [3.05, 3.63) is 83.6 Å². The Kier molecular flexibility index (Phi) is 3.81. The van der Waals surface area contributed by atoms with Gasteiger partial charge in [-0.1, -0.05) is 41.9 Å². The summed E-state index contributed by atoms with van der Waals surface area (Å²) in [5, 5.41) is 10.0. The maximum atomic E-state index is 9.30. The van der Waals surface area contributed by atoms with Gasteiger partial charge in [-0.15, -0.1) is 0 Å². The number of hydrogen-bond donors (Lipinski definition) is 1. The summed E-state index contributed by atoms with van der Waals surface area (Å²) in [6.45, 7) is 0.0435. The highest BCUT2D eigenvalue weighted by Gasteiger charge is 2.06. The molecule has 4 heteroatoms. The largest absolute Gasteiger partial charge is 0.392 e. The van der Waals surface area contributed by atoms with E-state index >= 15 is 0 Å². The normalized spacial score (nSPS) is 11.1. The number of halogens is 1. The van der Waals surface area contributed by atoms with E-state index in [4.69, 9.17) is 11.6 Å². The van der Waals surface area contributed by atoms with E-state index in [0.717, 1.165) is 33.6 Å². The van der Waals surface area contributed by atoms with Crippen LogP contribution in [0, 0.1) is 0 Å². The predicted molar refractivity (Wildman–Crippen MR) is 97.0 cm³/mol. The minimum absolute atomic E-state index is 0.0435. The second-order valence-electron chi connectivity index (χ2n) is 5.67. The zero-order valence-electron chi connectivity index (χ0n) is 12.9. The zero-order valence-corrected chi connectivity index (χ0v) is 13.6. The van der Waals surface area contributed by atoms with Crippen LogP contribution in [0.4, 0.5) is 0 Å². The number of rotatable bonds is 3. The minimum atomic E-state index is 0.0435. The molecule has 2 heterocycles. The van der Waals surface area contributed by atoms with Crippen molar-refractivity contribution in [3.63, 3.8) is 0 Å². The van der Waals surface area contributed by atoms with Gasteiger partial charge in [-0.05, 0) is 47.0 Å². The Balaban J connectivity index is 1.76. The van der Waals surface area contributed by atoms with Crippen molar-refractivity contribution in [3.8, 4) is 22.4 Å². The monoisotopic (exact) mass is 334 g/mol. The molecule has 0 bridgehead atoms. The molecule has 2 aromatic heterocycles. The Morgan fingerprint density at radius 1 is 0.875 bits per heavy atom. The number of fused-ring (bicyclic) bond motifs is 1. The molecule has 4 aromatic rings. The summed E-state index contributed by atoms with van der Waals surface area (Å²) < 4.78 is 2.02. The molecule has 0 aliphatic rings. The molecule has 0 fully saturated rings. The van der Waals surface area contributed by atoms with Crippen molar-refractivity contribution in [2.75, 3.05) is 0 Å². The van der Waals surface area contributed by atoms with Crippen LogP contribution in [0.15, 0.2) is 73.1 Å². The first-order chi connectivity index (χ1) is 11.7. The molecule has 3 nitrogen and oxygen atoms in total. The van der Waals surface area contributed by atoms with Gasteiger partial charge in [0.2, 0.25) is 0 Å². The third kappa shape index (κ3) is 2.80. The Labute approximate surface area is 144 Å². The molecular weight excluding hydrogens is 320 g/mol. The van der Waals surface area contributed by atoms with Crippen LogP contribution in [0.2, 0.25) is 5.02 Å². The summed E-state index contributed by atoms with van der Waals surface area (Å²) in [6.07, 6.45) is 4.07. The SMILES string of the molecule is OCc1cccc(-c2ccc3nc(-c4ccc(Cl)cc4)cn3c2)c1.